The average molecular weight is 415 g/mol. The summed E-state index contributed by atoms with van der Waals surface area (Å²) in [5, 5.41) is 3.44. The van der Waals surface area contributed by atoms with Gasteiger partial charge in [-0.3, -0.25) is 0 Å². The summed E-state index contributed by atoms with van der Waals surface area (Å²) in [5.41, 5.74) is 2.88. The van der Waals surface area contributed by atoms with Crippen LogP contribution in [0, 0.1) is 12.7 Å². The summed E-state index contributed by atoms with van der Waals surface area (Å²) in [6.45, 7) is 4.98. The standard InChI is InChI=1S/C17H18Br2FN/c1-3-6-21-17(12-7-11(2)8-14(19)9-12)15-10-13(18)4-5-16(15)20/h4-5,7-10,17,21H,3,6H2,1-2H3. The zero-order valence-corrected chi connectivity index (χ0v) is 15.3. The van der Waals surface area contributed by atoms with E-state index in [1.165, 1.54) is 6.07 Å². The number of halogens is 3. The Morgan fingerprint density at radius 1 is 1.10 bits per heavy atom. The summed E-state index contributed by atoms with van der Waals surface area (Å²) in [7, 11) is 0. The summed E-state index contributed by atoms with van der Waals surface area (Å²) < 4.78 is 16.2. The maximum atomic E-state index is 14.3. The van der Waals surface area contributed by atoms with Crippen molar-refractivity contribution in [3.8, 4) is 0 Å². The van der Waals surface area contributed by atoms with Gasteiger partial charge in [-0.25, -0.2) is 4.39 Å². The average Bonchev–Trinajstić information content (AvgIpc) is 2.42. The van der Waals surface area contributed by atoms with Gasteiger partial charge < -0.3 is 5.32 Å². The van der Waals surface area contributed by atoms with Crippen LogP contribution in [0.4, 0.5) is 4.39 Å². The van der Waals surface area contributed by atoms with Gasteiger partial charge in [-0.1, -0.05) is 44.8 Å². The fourth-order valence-corrected chi connectivity index (χ4v) is 3.37. The number of nitrogens with one attached hydrogen (secondary N) is 1. The molecule has 2 rings (SSSR count). The van der Waals surface area contributed by atoms with E-state index < -0.39 is 0 Å². The van der Waals surface area contributed by atoms with E-state index in [4.69, 9.17) is 0 Å². The van der Waals surface area contributed by atoms with Gasteiger partial charge in [-0.05, 0) is 61.3 Å². The molecule has 0 fully saturated rings. The zero-order chi connectivity index (χ0) is 15.4. The lowest BCUT2D eigenvalue weighted by atomic mass is 9.96. The van der Waals surface area contributed by atoms with Gasteiger partial charge in [0, 0.05) is 14.5 Å². The van der Waals surface area contributed by atoms with Crippen molar-refractivity contribution in [1.82, 2.24) is 5.32 Å². The van der Waals surface area contributed by atoms with Crippen LogP contribution in [0.3, 0.4) is 0 Å². The number of aryl methyl sites for hydroxylation is 1. The molecule has 1 nitrogen and oxygen atoms in total. The van der Waals surface area contributed by atoms with Gasteiger partial charge in [0.15, 0.2) is 0 Å². The molecule has 0 aliphatic rings. The van der Waals surface area contributed by atoms with Crippen molar-refractivity contribution in [3.63, 3.8) is 0 Å². The van der Waals surface area contributed by atoms with E-state index in [9.17, 15) is 4.39 Å². The van der Waals surface area contributed by atoms with Crippen LogP contribution in [0.15, 0.2) is 45.3 Å². The third-order valence-corrected chi connectivity index (χ3v) is 4.22. The van der Waals surface area contributed by atoms with Gasteiger partial charge in [0.2, 0.25) is 0 Å². The second-order valence-electron chi connectivity index (χ2n) is 5.11. The van der Waals surface area contributed by atoms with E-state index in [1.807, 2.05) is 19.1 Å². The molecule has 0 aliphatic carbocycles. The third-order valence-electron chi connectivity index (χ3n) is 3.27. The van der Waals surface area contributed by atoms with E-state index in [0.717, 1.165) is 33.0 Å². The highest BCUT2D eigenvalue weighted by atomic mass is 79.9. The van der Waals surface area contributed by atoms with Crippen LogP contribution in [0.5, 0.6) is 0 Å². The normalized spacial score (nSPS) is 12.4. The molecule has 0 spiro atoms. The van der Waals surface area contributed by atoms with Crippen LogP contribution < -0.4 is 5.32 Å². The third kappa shape index (κ3) is 4.38. The lowest BCUT2D eigenvalue weighted by Gasteiger charge is -2.21. The van der Waals surface area contributed by atoms with E-state index in [2.05, 4.69) is 56.2 Å². The smallest absolute Gasteiger partial charge is 0.128 e. The first-order valence-electron chi connectivity index (χ1n) is 6.96. The number of hydrogen-bond acceptors (Lipinski definition) is 1. The minimum atomic E-state index is -0.190. The van der Waals surface area contributed by atoms with Crippen LogP contribution in [0.1, 0.15) is 36.1 Å². The highest BCUT2D eigenvalue weighted by Gasteiger charge is 2.18. The van der Waals surface area contributed by atoms with Crippen molar-refractivity contribution in [2.75, 3.05) is 6.54 Å². The van der Waals surface area contributed by atoms with Crippen LogP contribution in [0.2, 0.25) is 0 Å². The van der Waals surface area contributed by atoms with Gasteiger partial charge in [0.05, 0.1) is 6.04 Å². The molecule has 0 heterocycles. The Balaban J connectivity index is 2.49. The molecule has 0 radical (unpaired) electrons. The van der Waals surface area contributed by atoms with Crippen LogP contribution >= 0.6 is 31.9 Å². The van der Waals surface area contributed by atoms with Crippen molar-refractivity contribution in [2.45, 2.75) is 26.3 Å². The monoisotopic (exact) mass is 413 g/mol. The Kier molecular flexibility index (Phi) is 5.97. The minimum Gasteiger partial charge on any atom is -0.306 e. The zero-order valence-electron chi connectivity index (χ0n) is 12.1. The molecule has 1 N–H and O–H groups in total. The topological polar surface area (TPSA) is 12.0 Å². The van der Waals surface area contributed by atoms with Gasteiger partial charge in [0.1, 0.15) is 5.82 Å². The summed E-state index contributed by atoms with van der Waals surface area (Å²) >= 11 is 6.95. The second-order valence-corrected chi connectivity index (χ2v) is 6.95. The van der Waals surface area contributed by atoms with Crippen LogP contribution in [0.25, 0.3) is 0 Å². The first-order chi connectivity index (χ1) is 10.0. The molecule has 1 unspecified atom stereocenters. The molecule has 1 atom stereocenters. The summed E-state index contributed by atoms with van der Waals surface area (Å²) in [6.07, 6.45) is 0.999. The maximum Gasteiger partial charge on any atom is 0.128 e. The molecule has 0 amide bonds. The highest BCUT2D eigenvalue weighted by Crippen LogP contribution is 2.29. The van der Waals surface area contributed by atoms with E-state index in [-0.39, 0.29) is 11.9 Å². The van der Waals surface area contributed by atoms with Crippen molar-refractivity contribution < 1.29 is 4.39 Å². The molecule has 112 valence electrons. The van der Waals surface area contributed by atoms with Crippen LogP contribution in [-0.4, -0.2) is 6.54 Å². The fourth-order valence-electron chi connectivity index (χ4n) is 2.36. The molecule has 0 saturated heterocycles. The van der Waals surface area contributed by atoms with Gasteiger partial charge >= 0.3 is 0 Å². The molecular formula is C17H18Br2FN. The van der Waals surface area contributed by atoms with Crippen LogP contribution in [-0.2, 0) is 0 Å². The number of rotatable bonds is 5. The summed E-state index contributed by atoms with van der Waals surface area (Å²) in [5.74, 6) is -0.190. The Morgan fingerprint density at radius 3 is 2.52 bits per heavy atom. The molecule has 0 bridgehead atoms. The summed E-state index contributed by atoms with van der Waals surface area (Å²) in [6, 6.07) is 11.1. The number of hydrogen-bond donors (Lipinski definition) is 1. The largest absolute Gasteiger partial charge is 0.306 e. The first kappa shape index (κ1) is 16.7. The fraction of sp³-hybridized carbons (Fsp3) is 0.294. The molecule has 4 heteroatoms. The van der Waals surface area contributed by atoms with Crippen molar-refractivity contribution in [1.29, 1.82) is 0 Å². The molecule has 0 saturated carbocycles. The Labute approximate surface area is 142 Å². The van der Waals surface area contributed by atoms with Gasteiger partial charge in [-0.15, -0.1) is 0 Å². The van der Waals surface area contributed by atoms with E-state index >= 15 is 0 Å². The Morgan fingerprint density at radius 2 is 1.86 bits per heavy atom. The molecular weight excluding hydrogens is 397 g/mol. The second kappa shape index (κ2) is 7.52. The Bertz CT molecular complexity index is 608. The predicted octanol–water partition coefficient (Wildman–Crippen LogP) is 5.75. The first-order valence-corrected chi connectivity index (χ1v) is 8.55. The number of benzene rings is 2. The Hall–Kier alpha value is -0.710. The molecule has 2 aromatic carbocycles. The molecule has 2 aromatic rings. The van der Waals surface area contributed by atoms with Crippen molar-refractivity contribution in [2.24, 2.45) is 0 Å². The molecule has 21 heavy (non-hydrogen) atoms. The predicted molar refractivity (Wildman–Crippen MR) is 93.1 cm³/mol. The van der Waals surface area contributed by atoms with Gasteiger partial charge in [0.25, 0.3) is 0 Å². The van der Waals surface area contributed by atoms with E-state index in [1.54, 1.807) is 6.07 Å². The lowest BCUT2D eigenvalue weighted by molar-refractivity contribution is 0.546. The van der Waals surface area contributed by atoms with E-state index in [0.29, 0.717) is 5.56 Å². The molecule has 0 aromatic heterocycles. The molecule has 0 aliphatic heterocycles. The van der Waals surface area contributed by atoms with Crippen molar-refractivity contribution >= 4 is 31.9 Å². The minimum absolute atomic E-state index is 0.154. The van der Waals surface area contributed by atoms with Crippen molar-refractivity contribution in [3.05, 3.63) is 67.9 Å². The maximum absolute atomic E-state index is 14.3. The SMILES string of the molecule is CCCNC(c1cc(C)cc(Br)c1)c1cc(Br)ccc1F. The lowest BCUT2D eigenvalue weighted by Crippen LogP contribution is -2.24. The quantitative estimate of drug-likeness (QED) is 0.656. The summed E-state index contributed by atoms with van der Waals surface area (Å²) in [4.78, 5) is 0. The highest BCUT2D eigenvalue weighted by molar-refractivity contribution is 9.10. The van der Waals surface area contributed by atoms with Gasteiger partial charge in [-0.2, -0.15) is 0 Å².